The number of hydrogen-bond donors (Lipinski definition) is 1. The number of halogens is 1. The van der Waals surface area contributed by atoms with E-state index in [0.717, 1.165) is 0 Å². The summed E-state index contributed by atoms with van der Waals surface area (Å²) in [6.45, 7) is 0.478. The van der Waals surface area contributed by atoms with Gasteiger partial charge in [0.25, 0.3) is 0 Å². The number of ether oxygens (including phenoxy) is 1. The molecule has 1 atom stereocenters. The van der Waals surface area contributed by atoms with Gasteiger partial charge in [-0.15, -0.1) is 23.7 Å². The van der Waals surface area contributed by atoms with Crippen molar-refractivity contribution in [1.29, 1.82) is 5.41 Å². The summed E-state index contributed by atoms with van der Waals surface area (Å²) < 4.78 is 6.46. The number of carbonyl (C=O) groups excluding carboxylic acids is 1. The summed E-state index contributed by atoms with van der Waals surface area (Å²) in [5, 5.41) is 9.28. The fourth-order valence-electron chi connectivity index (χ4n) is 1.27. The van der Waals surface area contributed by atoms with Gasteiger partial charge in [0, 0.05) is 18.0 Å². The van der Waals surface area contributed by atoms with Crippen LogP contribution in [0, 0.1) is 5.41 Å². The molecule has 1 aliphatic rings. The van der Waals surface area contributed by atoms with Crippen LogP contribution in [0.4, 0.5) is 0 Å². The SMILES string of the molecule is Cl.N=c1sccn1C1CCOC1=O. The van der Waals surface area contributed by atoms with E-state index in [-0.39, 0.29) is 24.4 Å². The number of thiazole rings is 1. The predicted molar refractivity (Wildman–Crippen MR) is 50.0 cm³/mol. The molecule has 72 valence electrons. The number of hydrogen-bond acceptors (Lipinski definition) is 4. The van der Waals surface area contributed by atoms with Crippen molar-refractivity contribution in [1.82, 2.24) is 4.57 Å². The van der Waals surface area contributed by atoms with Crippen LogP contribution in [0.15, 0.2) is 11.6 Å². The van der Waals surface area contributed by atoms with E-state index in [1.54, 1.807) is 16.1 Å². The number of esters is 1. The van der Waals surface area contributed by atoms with Crippen LogP contribution in [0.3, 0.4) is 0 Å². The molecule has 1 N–H and O–H groups in total. The molecule has 0 bridgehead atoms. The molecule has 0 aromatic carbocycles. The molecule has 1 fully saturated rings. The van der Waals surface area contributed by atoms with Crippen LogP contribution in [0.25, 0.3) is 0 Å². The second-order valence-corrected chi connectivity index (χ2v) is 3.48. The molecule has 0 radical (unpaired) electrons. The third-order valence-electron chi connectivity index (χ3n) is 1.88. The second kappa shape index (κ2) is 3.93. The van der Waals surface area contributed by atoms with Crippen LogP contribution in [-0.4, -0.2) is 17.1 Å². The lowest BCUT2D eigenvalue weighted by molar-refractivity contribution is -0.140. The molecule has 2 heterocycles. The molecule has 1 aromatic heterocycles. The van der Waals surface area contributed by atoms with Gasteiger partial charge in [-0.25, -0.2) is 4.79 Å². The zero-order valence-corrected chi connectivity index (χ0v) is 8.36. The lowest BCUT2D eigenvalue weighted by Crippen LogP contribution is -2.22. The second-order valence-electron chi connectivity index (χ2n) is 2.59. The minimum absolute atomic E-state index is 0. The molecule has 1 aliphatic heterocycles. The van der Waals surface area contributed by atoms with E-state index in [1.165, 1.54) is 11.3 Å². The molecule has 13 heavy (non-hydrogen) atoms. The van der Waals surface area contributed by atoms with Crippen LogP contribution in [-0.2, 0) is 9.53 Å². The van der Waals surface area contributed by atoms with Crippen LogP contribution in [0.2, 0.25) is 0 Å². The Bertz CT molecular complexity index is 359. The maximum atomic E-state index is 11.1. The molecule has 0 aliphatic carbocycles. The Balaban J connectivity index is 0.000000845. The summed E-state index contributed by atoms with van der Waals surface area (Å²) in [6, 6.07) is -0.260. The molecule has 1 saturated heterocycles. The number of nitrogens with one attached hydrogen (secondary N) is 1. The Labute approximate surface area is 85.1 Å². The summed E-state index contributed by atoms with van der Waals surface area (Å²) in [4.78, 5) is 11.5. The normalized spacial score (nSPS) is 20.9. The predicted octanol–water partition coefficient (Wildman–Crippen LogP) is 0.939. The van der Waals surface area contributed by atoms with Crippen molar-refractivity contribution in [3.8, 4) is 0 Å². The number of cyclic esters (lactones) is 1. The molecule has 6 heteroatoms. The van der Waals surface area contributed by atoms with E-state index >= 15 is 0 Å². The molecular formula is C7H9ClN2O2S. The number of aromatic nitrogens is 1. The Kier molecular flexibility index (Phi) is 3.11. The lowest BCUT2D eigenvalue weighted by Gasteiger charge is -2.05. The minimum atomic E-state index is -0.260. The van der Waals surface area contributed by atoms with Gasteiger partial charge < -0.3 is 9.30 Å². The number of nitrogens with zero attached hydrogens (tertiary/aromatic N) is 1. The first-order valence-corrected chi connectivity index (χ1v) is 4.54. The van der Waals surface area contributed by atoms with E-state index < -0.39 is 0 Å². The summed E-state index contributed by atoms with van der Waals surface area (Å²) in [5.41, 5.74) is 0. The number of carbonyl (C=O) groups is 1. The van der Waals surface area contributed by atoms with Gasteiger partial charge in [0.2, 0.25) is 0 Å². The first-order chi connectivity index (χ1) is 5.79. The largest absolute Gasteiger partial charge is 0.464 e. The topological polar surface area (TPSA) is 55.1 Å². The monoisotopic (exact) mass is 220 g/mol. The highest BCUT2D eigenvalue weighted by atomic mass is 35.5. The molecule has 2 rings (SSSR count). The smallest absolute Gasteiger partial charge is 0.329 e. The van der Waals surface area contributed by atoms with E-state index in [2.05, 4.69) is 0 Å². The van der Waals surface area contributed by atoms with Crippen LogP contribution < -0.4 is 4.80 Å². The highest BCUT2D eigenvalue weighted by Crippen LogP contribution is 2.18. The standard InChI is InChI=1S/C7H8N2O2S.ClH/c8-7-9(2-4-12-7)5-1-3-11-6(5)10;/h2,4-5,8H,1,3H2;1H. The Morgan fingerprint density at radius 1 is 1.69 bits per heavy atom. The zero-order valence-electron chi connectivity index (χ0n) is 6.73. The Morgan fingerprint density at radius 2 is 2.46 bits per heavy atom. The van der Waals surface area contributed by atoms with Gasteiger partial charge in [0.15, 0.2) is 4.80 Å². The van der Waals surface area contributed by atoms with Gasteiger partial charge in [-0.1, -0.05) is 0 Å². The zero-order chi connectivity index (χ0) is 8.55. The van der Waals surface area contributed by atoms with Gasteiger partial charge in [-0.2, -0.15) is 0 Å². The molecule has 0 saturated carbocycles. The van der Waals surface area contributed by atoms with E-state index in [0.29, 0.717) is 17.8 Å². The van der Waals surface area contributed by atoms with Crippen molar-refractivity contribution in [3.63, 3.8) is 0 Å². The minimum Gasteiger partial charge on any atom is -0.464 e. The Morgan fingerprint density at radius 3 is 2.92 bits per heavy atom. The van der Waals surface area contributed by atoms with Gasteiger partial charge in [-0.05, 0) is 0 Å². The first kappa shape index (κ1) is 10.3. The van der Waals surface area contributed by atoms with Gasteiger partial charge in [-0.3, -0.25) is 5.41 Å². The molecule has 1 aromatic rings. The van der Waals surface area contributed by atoms with E-state index in [9.17, 15) is 4.79 Å². The molecule has 0 amide bonds. The maximum absolute atomic E-state index is 11.1. The molecule has 4 nitrogen and oxygen atoms in total. The maximum Gasteiger partial charge on any atom is 0.329 e. The fourth-order valence-corrected chi connectivity index (χ4v) is 1.90. The van der Waals surface area contributed by atoms with E-state index in [1.807, 2.05) is 0 Å². The first-order valence-electron chi connectivity index (χ1n) is 3.66. The summed E-state index contributed by atoms with van der Waals surface area (Å²) in [6.07, 6.45) is 2.44. The fraction of sp³-hybridized carbons (Fsp3) is 0.429. The third-order valence-corrected chi connectivity index (χ3v) is 2.57. The van der Waals surface area contributed by atoms with Crippen LogP contribution in [0.5, 0.6) is 0 Å². The van der Waals surface area contributed by atoms with Crippen molar-refractivity contribution < 1.29 is 9.53 Å². The van der Waals surface area contributed by atoms with Gasteiger partial charge in [0.05, 0.1) is 6.61 Å². The highest BCUT2D eigenvalue weighted by molar-refractivity contribution is 7.06. The van der Waals surface area contributed by atoms with Gasteiger partial charge in [0.1, 0.15) is 6.04 Å². The van der Waals surface area contributed by atoms with Crippen molar-refractivity contribution in [2.75, 3.05) is 6.61 Å². The Hall–Kier alpha value is -0.810. The molecular weight excluding hydrogens is 212 g/mol. The summed E-state index contributed by atoms with van der Waals surface area (Å²) in [7, 11) is 0. The quantitative estimate of drug-likeness (QED) is 0.717. The molecule has 0 spiro atoms. The van der Waals surface area contributed by atoms with Crippen molar-refractivity contribution in [3.05, 3.63) is 16.4 Å². The van der Waals surface area contributed by atoms with Crippen molar-refractivity contribution >= 4 is 29.7 Å². The summed E-state index contributed by atoms with van der Waals surface area (Å²) >= 11 is 1.32. The van der Waals surface area contributed by atoms with Crippen molar-refractivity contribution in [2.24, 2.45) is 0 Å². The van der Waals surface area contributed by atoms with E-state index in [4.69, 9.17) is 10.1 Å². The average Bonchev–Trinajstić information content (AvgIpc) is 2.59. The number of rotatable bonds is 1. The third kappa shape index (κ3) is 1.76. The van der Waals surface area contributed by atoms with Crippen molar-refractivity contribution in [2.45, 2.75) is 12.5 Å². The average molecular weight is 221 g/mol. The van der Waals surface area contributed by atoms with Gasteiger partial charge >= 0.3 is 5.97 Å². The summed E-state index contributed by atoms with van der Waals surface area (Å²) in [5.74, 6) is -0.216. The lowest BCUT2D eigenvalue weighted by atomic mass is 10.2. The molecule has 1 unspecified atom stereocenters. The highest BCUT2D eigenvalue weighted by Gasteiger charge is 2.28. The van der Waals surface area contributed by atoms with Crippen LogP contribution in [0.1, 0.15) is 12.5 Å². The van der Waals surface area contributed by atoms with Crippen LogP contribution >= 0.6 is 23.7 Å².